The van der Waals surface area contributed by atoms with Crippen LogP contribution in [0.1, 0.15) is 24.2 Å². The SMILES string of the molecule is C=Cc1cnc([C@@H](C)N)c(O)c1. The van der Waals surface area contributed by atoms with Gasteiger partial charge in [-0.05, 0) is 18.6 Å². The van der Waals surface area contributed by atoms with Crippen LogP contribution in [0.15, 0.2) is 18.8 Å². The Balaban J connectivity index is 3.11. The minimum absolute atomic E-state index is 0.127. The van der Waals surface area contributed by atoms with Crippen molar-refractivity contribution >= 4 is 6.08 Å². The standard InChI is InChI=1S/C9H12N2O/c1-3-7-4-8(12)9(6(2)10)11-5-7/h3-6,12H,1,10H2,2H3/t6-/m1/s1. The Bertz CT molecular complexity index is 295. The van der Waals surface area contributed by atoms with E-state index in [0.29, 0.717) is 5.69 Å². The summed E-state index contributed by atoms with van der Waals surface area (Å²) in [4.78, 5) is 4.00. The molecule has 0 fully saturated rings. The summed E-state index contributed by atoms with van der Waals surface area (Å²) in [5, 5.41) is 9.40. The molecule has 0 aromatic carbocycles. The zero-order chi connectivity index (χ0) is 9.14. The molecular weight excluding hydrogens is 152 g/mol. The molecule has 0 saturated heterocycles. The van der Waals surface area contributed by atoms with E-state index < -0.39 is 0 Å². The summed E-state index contributed by atoms with van der Waals surface area (Å²) in [6.07, 6.45) is 3.25. The number of pyridine rings is 1. The molecule has 3 nitrogen and oxygen atoms in total. The lowest BCUT2D eigenvalue weighted by atomic mass is 10.1. The fourth-order valence-corrected chi connectivity index (χ4v) is 0.942. The summed E-state index contributed by atoms with van der Waals surface area (Å²) in [6, 6.07) is 1.35. The molecule has 1 aromatic heterocycles. The van der Waals surface area contributed by atoms with Crippen molar-refractivity contribution in [2.45, 2.75) is 13.0 Å². The predicted molar refractivity (Wildman–Crippen MR) is 48.6 cm³/mol. The molecule has 0 saturated carbocycles. The third-order valence-corrected chi connectivity index (χ3v) is 1.59. The first-order chi connectivity index (χ1) is 5.65. The minimum Gasteiger partial charge on any atom is -0.506 e. The summed E-state index contributed by atoms with van der Waals surface area (Å²) >= 11 is 0. The van der Waals surface area contributed by atoms with E-state index >= 15 is 0 Å². The van der Waals surface area contributed by atoms with Crippen LogP contribution in [0.3, 0.4) is 0 Å². The predicted octanol–water partition coefficient (Wildman–Crippen LogP) is 1.45. The van der Waals surface area contributed by atoms with Gasteiger partial charge in [0.15, 0.2) is 0 Å². The van der Waals surface area contributed by atoms with Crippen molar-refractivity contribution < 1.29 is 5.11 Å². The van der Waals surface area contributed by atoms with Crippen LogP contribution in [0.25, 0.3) is 6.08 Å². The van der Waals surface area contributed by atoms with Crippen molar-refractivity contribution in [3.63, 3.8) is 0 Å². The minimum atomic E-state index is -0.246. The Morgan fingerprint density at radius 1 is 1.75 bits per heavy atom. The lowest BCUT2D eigenvalue weighted by Crippen LogP contribution is -2.07. The van der Waals surface area contributed by atoms with Gasteiger partial charge in [0.1, 0.15) is 5.75 Å². The van der Waals surface area contributed by atoms with Crippen LogP contribution in [-0.4, -0.2) is 10.1 Å². The summed E-state index contributed by atoms with van der Waals surface area (Å²) in [7, 11) is 0. The number of nitrogens with zero attached hydrogens (tertiary/aromatic N) is 1. The fourth-order valence-electron chi connectivity index (χ4n) is 0.942. The monoisotopic (exact) mass is 164 g/mol. The van der Waals surface area contributed by atoms with Gasteiger partial charge in [-0.3, -0.25) is 4.98 Å². The Labute approximate surface area is 71.6 Å². The van der Waals surface area contributed by atoms with Gasteiger partial charge in [0.05, 0.1) is 5.69 Å². The Morgan fingerprint density at radius 2 is 2.42 bits per heavy atom. The van der Waals surface area contributed by atoms with E-state index in [1.807, 2.05) is 0 Å². The van der Waals surface area contributed by atoms with E-state index in [2.05, 4.69) is 11.6 Å². The van der Waals surface area contributed by atoms with Gasteiger partial charge in [0.25, 0.3) is 0 Å². The molecule has 0 aliphatic rings. The van der Waals surface area contributed by atoms with Crippen LogP contribution in [0.2, 0.25) is 0 Å². The van der Waals surface area contributed by atoms with Crippen molar-refractivity contribution in [2.24, 2.45) is 5.73 Å². The number of hydrogen-bond acceptors (Lipinski definition) is 3. The maximum Gasteiger partial charge on any atom is 0.139 e. The average Bonchev–Trinajstić information content (AvgIpc) is 2.03. The smallest absolute Gasteiger partial charge is 0.139 e. The van der Waals surface area contributed by atoms with E-state index in [9.17, 15) is 5.11 Å². The molecule has 64 valence electrons. The van der Waals surface area contributed by atoms with Crippen LogP contribution in [0.5, 0.6) is 5.75 Å². The van der Waals surface area contributed by atoms with E-state index in [0.717, 1.165) is 5.56 Å². The van der Waals surface area contributed by atoms with Crippen molar-refractivity contribution in [2.75, 3.05) is 0 Å². The van der Waals surface area contributed by atoms with Gasteiger partial charge in [0, 0.05) is 12.2 Å². The van der Waals surface area contributed by atoms with Gasteiger partial charge in [-0.15, -0.1) is 0 Å². The molecule has 0 spiro atoms. The van der Waals surface area contributed by atoms with Gasteiger partial charge in [-0.2, -0.15) is 0 Å². The second-order valence-electron chi connectivity index (χ2n) is 2.67. The summed E-state index contributed by atoms with van der Waals surface area (Å²) in [5.74, 6) is 0.127. The zero-order valence-corrected chi connectivity index (χ0v) is 6.99. The van der Waals surface area contributed by atoms with E-state index in [1.165, 1.54) is 0 Å². The molecular formula is C9H12N2O. The van der Waals surface area contributed by atoms with Crippen molar-refractivity contribution in [3.05, 3.63) is 30.1 Å². The lowest BCUT2D eigenvalue weighted by molar-refractivity contribution is 0.458. The molecule has 0 aliphatic heterocycles. The number of aromatic hydroxyl groups is 1. The summed E-state index contributed by atoms with van der Waals surface area (Å²) in [6.45, 7) is 5.34. The maximum atomic E-state index is 9.40. The molecule has 1 atom stereocenters. The second-order valence-corrected chi connectivity index (χ2v) is 2.67. The van der Waals surface area contributed by atoms with Crippen molar-refractivity contribution in [1.29, 1.82) is 0 Å². The molecule has 1 aromatic rings. The average molecular weight is 164 g/mol. The normalized spacial score (nSPS) is 12.5. The van der Waals surface area contributed by atoms with Gasteiger partial charge in [0.2, 0.25) is 0 Å². The molecule has 0 aliphatic carbocycles. The quantitative estimate of drug-likeness (QED) is 0.695. The maximum absolute atomic E-state index is 9.40. The Morgan fingerprint density at radius 3 is 2.83 bits per heavy atom. The zero-order valence-electron chi connectivity index (χ0n) is 6.99. The van der Waals surface area contributed by atoms with Crippen molar-refractivity contribution in [3.8, 4) is 5.75 Å². The first-order valence-electron chi connectivity index (χ1n) is 3.72. The molecule has 0 bridgehead atoms. The van der Waals surface area contributed by atoms with E-state index in [-0.39, 0.29) is 11.8 Å². The highest BCUT2D eigenvalue weighted by molar-refractivity contribution is 5.49. The van der Waals surface area contributed by atoms with Crippen molar-refractivity contribution in [1.82, 2.24) is 4.98 Å². The van der Waals surface area contributed by atoms with Gasteiger partial charge in [-0.1, -0.05) is 12.7 Å². The molecule has 0 unspecified atom stereocenters. The number of hydrogen-bond donors (Lipinski definition) is 2. The second kappa shape index (κ2) is 3.36. The first-order valence-corrected chi connectivity index (χ1v) is 3.72. The molecule has 0 radical (unpaired) electrons. The van der Waals surface area contributed by atoms with Crippen LogP contribution in [0, 0.1) is 0 Å². The van der Waals surface area contributed by atoms with Gasteiger partial charge in [-0.25, -0.2) is 0 Å². The largest absolute Gasteiger partial charge is 0.506 e. The molecule has 3 heteroatoms. The summed E-state index contributed by atoms with van der Waals surface area (Å²) < 4.78 is 0. The highest BCUT2D eigenvalue weighted by Crippen LogP contribution is 2.20. The molecule has 1 rings (SSSR count). The number of aromatic nitrogens is 1. The van der Waals surface area contributed by atoms with Crippen LogP contribution >= 0.6 is 0 Å². The first kappa shape index (κ1) is 8.74. The third kappa shape index (κ3) is 1.62. The highest BCUT2D eigenvalue weighted by atomic mass is 16.3. The van der Waals surface area contributed by atoms with Gasteiger partial charge < -0.3 is 10.8 Å². The third-order valence-electron chi connectivity index (χ3n) is 1.59. The van der Waals surface area contributed by atoms with Crippen LogP contribution in [0.4, 0.5) is 0 Å². The summed E-state index contributed by atoms with van der Waals surface area (Å²) in [5.41, 5.74) is 6.86. The molecule has 12 heavy (non-hydrogen) atoms. The van der Waals surface area contributed by atoms with Gasteiger partial charge >= 0.3 is 0 Å². The molecule has 1 heterocycles. The van der Waals surface area contributed by atoms with Crippen LogP contribution < -0.4 is 5.73 Å². The fraction of sp³-hybridized carbons (Fsp3) is 0.222. The number of nitrogens with two attached hydrogens (primary N) is 1. The number of rotatable bonds is 2. The highest BCUT2D eigenvalue weighted by Gasteiger charge is 2.06. The van der Waals surface area contributed by atoms with Crippen LogP contribution in [-0.2, 0) is 0 Å². The van der Waals surface area contributed by atoms with E-state index in [4.69, 9.17) is 5.73 Å². The Hall–Kier alpha value is -1.35. The topological polar surface area (TPSA) is 59.1 Å². The molecule has 3 N–H and O–H groups in total. The van der Waals surface area contributed by atoms with E-state index in [1.54, 1.807) is 25.3 Å². The lowest BCUT2D eigenvalue weighted by Gasteiger charge is -2.06. The molecule has 0 amide bonds. The Kier molecular flexibility index (Phi) is 2.45.